The number of rotatable bonds is 5. The lowest BCUT2D eigenvalue weighted by atomic mass is 9.90. The van der Waals surface area contributed by atoms with E-state index in [-0.39, 0.29) is 17.9 Å². The van der Waals surface area contributed by atoms with Gasteiger partial charge in [-0.2, -0.15) is 0 Å². The first-order chi connectivity index (χ1) is 9.94. The van der Waals surface area contributed by atoms with Gasteiger partial charge in [0, 0.05) is 4.88 Å². The molecule has 0 aliphatic carbocycles. The van der Waals surface area contributed by atoms with Crippen molar-refractivity contribution in [3.8, 4) is 0 Å². The van der Waals surface area contributed by atoms with Gasteiger partial charge in [-0.1, -0.05) is 26.3 Å². The highest BCUT2D eigenvalue weighted by atomic mass is 32.1. The second-order valence-corrected chi connectivity index (χ2v) is 6.86. The van der Waals surface area contributed by atoms with Crippen molar-refractivity contribution in [1.29, 1.82) is 0 Å². The summed E-state index contributed by atoms with van der Waals surface area (Å²) in [7, 11) is 0. The van der Waals surface area contributed by atoms with Crippen LogP contribution in [0.25, 0.3) is 0 Å². The second kappa shape index (κ2) is 6.18. The standard InChI is InChI=1S/C16H24N2O2S/c1-5-8-12(13-9-7-10-21-13)18-11(3)14(19)17-16(4,6-2)15(18)20/h7,9-12H,5-6,8H2,1-4H3,(H,17,19). The van der Waals surface area contributed by atoms with Crippen LogP contribution in [0, 0.1) is 0 Å². The maximum atomic E-state index is 13.0. The largest absolute Gasteiger partial charge is 0.340 e. The molecule has 21 heavy (non-hydrogen) atoms. The average molecular weight is 308 g/mol. The van der Waals surface area contributed by atoms with Crippen LogP contribution in [-0.4, -0.2) is 28.3 Å². The number of carbonyl (C=O) groups is 2. The van der Waals surface area contributed by atoms with Crippen molar-refractivity contribution in [3.05, 3.63) is 22.4 Å². The van der Waals surface area contributed by atoms with Gasteiger partial charge in [-0.15, -0.1) is 11.3 Å². The summed E-state index contributed by atoms with van der Waals surface area (Å²) in [6.07, 6.45) is 2.46. The van der Waals surface area contributed by atoms with Crippen LogP contribution in [0.3, 0.4) is 0 Å². The fourth-order valence-corrected chi connectivity index (χ4v) is 3.70. The summed E-state index contributed by atoms with van der Waals surface area (Å²) in [4.78, 5) is 28.2. The molecule has 3 atom stereocenters. The molecule has 0 bridgehead atoms. The van der Waals surface area contributed by atoms with Crippen molar-refractivity contribution in [3.63, 3.8) is 0 Å². The fraction of sp³-hybridized carbons (Fsp3) is 0.625. The Balaban J connectivity index is 2.41. The number of hydrogen-bond donors (Lipinski definition) is 1. The minimum atomic E-state index is -0.785. The van der Waals surface area contributed by atoms with Crippen molar-refractivity contribution in [1.82, 2.24) is 10.2 Å². The molecule has 1 aromatic heterocycles. The van der Waals surface area contributed by atoms with Gasteiger partial charge in [-0.05, 0) is 38.1 Å². The third-order valence-corrected chi connectivity index (χ3v) is 5.35. The predicted octanol–water partition coefficient (Wildman–Crippen LogP) is 3.10. The number of nitrogens with zero attached hydrogens (tertiary/aromatic N) is 1. The highest BCUT2D eigenvalue weighted by Crippen LogP contribution is 2.35. The molecule has 1 aliphatic heterocycles. The van der Waals surface area contributed by atoms with Gasteiger partial charge < -0.3 is 10.2 Å². The predicted molar refractivity (Wildman–Crippen MR) is 85.1 cm³/mol. The van der Waals surface area contributed by atoms with Crippen molar-refractivity contribution >= 4 is 23.2 Å². The van der Waals surface area contributed by atoms with E-state index in [0.29, 0.717) is 6.42 Å². The average Bonchev–Trinajstić information content (AvgIpc) is 2.98. The molecule has 4 nitrogen and oxygen atoms in total. The van der Waals surface area contributed by atoms with Gasteiger partial charge in [-0.25, -0.2) is 0 Å². The third kappa shape index (κ3) is 2.84. The molecule has 1 N–H and O–H groups in total. The van der Waals surface area contributed by atoms with Crippen molar-refractivity contribution in [2.24, 2.45) is 0 Å². The molecule has 0 radical (unpaired) electrons. The number of thiophene rings is 1. The van der Waals surface area contributed by atoms with E-state index in [1.54, 1.807) is 16.2 Å². The molecule has 3 unspecified atom stereocenters. The Hall–Kier alpha value is -1.36. The first-order valence-electron chi connectivity index (χ1n) is 7.62. The third-order valence-electron chi connectivity index (χ3n) is 4.38. The maximum absolute atomic E-state index is 13.0. The number of hydrogen-bond acceptors (Lipinski definition) is 3. The molecule has 2 amide bonds. The summed E-state index contributed by atoms with van der Waals surface area (Å²) in [5, 5.41) is 4.91. The van der Waals surface area contributed by atoms with Crippen LogP contribution in [0.5, 0.6) is 0 Å². The Kier molecular flexibility index (Phi) is 4.71. The van der Waals surface area contributed by atoms with E-state index >= 15 is 0 Å². The van der Waals surface area contributed by atoms with Crippen LogP contribution in [0.1, 0.15) is 57.9 Å². The van der Waals surface area contributed by atoms with Crippen molar-refractivity contribution in [2.45, 2.75) is 64.6 Å². The zero-order valence-corrected chi connectivity index (χ0v) is 14.0. The van der Waals surface area contributed by atoms with Crippen LogP contribution in [0.2, 0.25) is 0 Å². The lowest BCUT2D eigenvalue weighted by molar-refractivity contribution is -0.157. The van der Waals surface area contributed by atoms with Crippen LogP contribution in [0.15, 0.2) is 17.5 Å². The summed E-state index contributed by atoms with van der Waals surface area (Å²) in [5.41, 5.74) is -0.785. The Morgan fingerprint density at radius 2 is 2.14 bits per heavy atom. The number of piperazine rings is 1. The quantitative estimate of drug-likeness (QED) is 0.908. The molecule has 2 heterocycles. The highest BCUT2D eigenvalue weighted by molar-refractivity contribution is 7.10. The van der Waals surface area contributed by atoms with E-state index in [1.807, 2.05) is 32.2 Å². The minimum absolute atomic E-state index is 0.00516. The zero-order chi connectivity index (χ0) is 15.6. The second-order valence-electron chi connectivity index (χ2n) is 5.88. The number of amides is 2. The Morgan fingerprint density at radius 1 is 1.43 bits per heavy atom. The highest BCUT2D eigenvalue weighted by Gasteiger charge is 2.47. The Labute approximate surface area is 130 Å². The molecule has 1 aromatic rings. The van der Waals surface area contributed by atoms with E-state index in [1.165, 1.54) is 0 Å². The van der Waals surface area contributed by atoms with Crippen LogP contribution in [-0.2, 0) is 9.59 Å². The van der Waals surface area contributed by atoms with E-state index in [0.717, 1.165) is 17.7 Å². The number of nitrogens with one attached hydrogen (secondary N) is 1. The summed E-state index contributed by atoms with van der Waals surface area (Å²) in [6.45, 7) is 7.69. The summed E-state index contributed by atoms with van der Waals surface area (Å²) >= 11 is 1.65. The zero-order valence-electron chi connectivity index (χ0n) is 13.2. The molecular formula is C16H24N2O2S. The molecule has 1 saturated heterocycles. The molecule has 2 rings (SSSR count). The van der Waals surface area contributed by atoms with E-state index < -0.39 is 11.6 Å². The van der Waals surface area contributed by atoms with Crippen LogP contribution in [0.4, 0.5) is 0 Å². The number of carbonyl (C=O) groups excluding carboxylic acids is 2. The van der Waals surface area contributed by atoms with Crippen LogP contribution >= 0.6 is 11.3 Å². The Morgan fingerprint density at radius 3 is 2.67 bits per heavy atom. The van der Waals surface area contributed by atoms with Crippen molar-refractivity contribution < 1.29 is 9.59 Å². The van der Waals surface area contributed by atoms with E-state index in [9.17, 15) is 9.59 Å². The molecule has 5 heteroatoms. The van der Waals surface area contributed by atoms with Gasteiger partial charge in [0.25, 0.3) is 0 Å². The maximum Gasteiger partial charge on any atom is 0.249 e. The summed E-state index contributed by atoms with van der Waals surface area (Å²) in [5.74, 6) is -0.0273. The van der Waals surface area contributed by atoms with Gasteiger partial charge in [0.2, 0.25) is 11.8 Å². The van der Waals surface area contributed by atoms with E-state index in [4.69, 9.17) is 0 Å². The normalized spacial score (nSPS) is 27.6. The van der Waals surface area contributed by atoms with Gasteiger partial charge in [0.05, 0.1) is 6.04 Å². The van der Waals surface area contributed by atoms with Crippen molar-refractivity contribution in [2.75, 3.05) is 0 Å². The molecule has 0 aromatic carbocycles. The van der Waals surface area contributed by atoms with Gasteiger partial charge in [0.1, 0.15) is 11.6 Å². The van der Waals surface area contributed by atoms with Gasteiger partial charge >= 0.3 is 0 Å². The van der Waals surface area contributed by atoms with Gasteiger partial charge in [0.15, 0.2) is 0 Å². The summed E-state index contributed by atoms with van der Waals surface area (Å²) in [6, 6.07) is 3.63. The Bertz CT molecular complexity index is 514. The fourth-order valence-electron chi connectivity index (χ4n) is 2.84. The summed E-state index contributed by atoms with van der Waals surface area (Å²) < 4.78 is 0. The molecule has 0 saturated carbocycles. The molecule has 0 spiro atoms. The lowest BCUT2D eigenvalue weighted by Crippen LogP contribution is -2.68. The minimum Gasteiger partial charge on any atom is -0.340 e. The first-order valence-corrected chi connectivity index (χ1v) is 8.50. The lowest BCUT2D eigenvalue weighted by Gasteiger charge is -2.46. The van der Waals surface area contributed by atoms with Gasteiger partial charge in [-0.3, -0.25) is 9.59 Å². The van der Waals surface area contributed by atoms with Crippen LogP contribution < -0.4 is 5.32 Å². The molecular weight excluding hydrogens is 284 g/mol. The topological polar surface area (TPSA) is 49.4 Å². The SMILES string of the molecule is CCCC(c1cccs1)N1C(=O)C(C)(CC)NC(=O)C1C. The molecule has 1 aliphatic rings. The molecule has 116 valence electrons. The molecule has 1 fully saturated rings. The monoisotopic (exact) mass is 308 g/mol. The smallest absolute Gasteiger partial charge is 0.249 e. The van der Waals surface area contributed by atoms with E-state index in [2.05, 4.69) is 18.3 Å². The first kappa shape index (κ1) is 16.0.